The Bertz CT molecular complexity index is 1230. The molecular weight excluding hydrogens is 408 g/mol. The molecule has 1 aliphatic carbocycles. The van der Waals surface area contributed by atoms with E-state index < -0.39 is 25.5 Å². The Hall–Kier alpha value is -3.33. The van der Waals surface area contributed by atoms with Gasteiger partial charge in [0.2, 0.25) is 0 Å². The highest BCUT2D eigenvalue weighted by molar-refractivity contribution is 7.93. The van der Waals surface area contributed by atoms with E-state index in [0.29, 0.717) is 12.8 Å². The van der Waals surface area contributed by atoms with E-state index in [4.69, 9.17) is 4.74 Å². The Morgan fingerprint density at radius 2 is 1.73 bits per heavy atom. The van der Waals surface area contributed by atoms with Crippen LogP contribution in [-0.2, 0) is 14.6 Å². The summed E-state index contributed by atoms with van der Waals surface area (Å²) in [7, 11) is -4.00. The van der Waals surface area contributed by atoms with Gasteiger partial charge in [0.25, 0.3) is 5.69 Å². The summed E-state index contributed by atoms with van der Waals surface area (Å²) in [5, 5.41) is 11.5. The average Bonchev–Trinajstić information content (AvgIpc) is 3.26. The van der Waals surface area contributed by atoms with Crippen molar-refractivity contribution in [3.8, 4) is 5.75 Å². The van der Waals surface area contributed by atoms with Gasteiger partial charge in [-0.05, 0) is 43.2 Å². The molecular formula is C21H18N2O6S. The van der Waals surface area contributed by atoms with Crippen LogP contribution in [0.4, 0.5) is 5.69 Å². The van der Waals surface area contributed by atoms with Crippen LogP contribution in [-0.4, -0.2) is 29.0 Å². The lowest BCUT2D eigenvalue weighted by atomic mass is 10.1. The largest absolute Gasteiger partial charge is 0.423 e. The summed E-state index contributed by atoms with van der Waals surface area (Å²) >= 11 is 0. The number of hydrogen-bond donors (Lipinski definition) is 0. The second kappa shape index (κ2) is 7.49. The second-order valence-electron chi connectivity index (χ2n) is 7.15. The zero-order chi connectivity index (χ0) is 21.4. The van der Waals surface area contributed by atoms with E-state index in [1.165, 1.54) is 36.5 Å². The van der Waals surface area contributed by atoms with Crippen molar-refractivity contribution in [3.63, 3.8) is 0 Å². The molecule has 0 atom stereocenters. The average molecular weight is 426 g/mol. The summed E-state index contributed by atoms with van der Waals surface area (Å²) in [4.78, 5) is 28.2. The van der Waals surface area contributed by atoms with E-state index in [1.54, 1.807) is 24.3 Å². The molecule has 3 aromatic rings. The molecule has 1 fully saturated rings. The molecule has 2 aromatic carbocycles. The lowest BCUT2D eigenvalue weighted by Gasteiger charge is -2.26. The van der Waals surface area contributed by atoms with Crippen LogP contribution >= 0.6 is 0 Å². The molecule has 8 nitrogen and oxygen atoms in total. The number of aromatic nitrogens is 1. The standard InChI is InChI=1S/C21H18N2O6S/c24-20(21(12-4-5-13-21)30(27,28)15-7-2-1-3-8-15)29-18-11-10-17(23(25)26)16-9-6-14-22-19(16)18/h1-3,6-11,14H,4-5,12-13H2. The van der Waals surface area contributed by atoms with Crippen molar-refractivity contribution in [1.82, 2.24) is 4.98 Å². The summed E-state index contributed by atoms with van der Waals surface area (Å²) in [6, 6.07) is 13.4. The number of esters is 1. The summed E-state index contributed by atoms with van der Waals surface area (Å²) in [5.41, 5.74) is -0.0457. The first-order valence-corrected chi connectivity index (χ1v) is 10.9. The first kappa shape index (κ1) is 20.0. The highest BCUT2D eigenvalue weighted by atomic mass is 32.2. The number of nitro groups is 1. The third-order valence-corrected chi connectivity index (χ3v) is 7.96. The first-order valence-electron chi connectivity index (χ1n) is 9.41. The molecule has 0 bridgehead atoms. The van der Waals surface area contributed by atoms with Crippen LogP contribution in [0.15, 0.2) is 65.7 Å². The second-order valence-corrected chi connectivity index (χ2v) is 9.41. The minimum Gasteiger partial charge on any atom is -0.423 e. The van der Waals surface area contributed by atoms with Crippen molar-refractivity contribution < 1.29 is 22.9 Å². The van der Waals surface area contributed by atoms with Crippen LogP contribution in [0.5, 0.6) is 5.75 Å². The number of ether oxygens (including phenoxy) is 1. The molecule has 0 saturated heterocycles. The number of benzene rings is 2. The van der Waals surface area contributed by atoms with Crippen molar-refractivity contribution in [2.45, 2.75) is 35.3 Å². The Labute approximate surface area is 172 Å². The van der Waals surface area contributed by atoms with Gasteiger partial charge in [0.1, 0.15) is 5.52 Å². The molecule has 1 heterocycles. The van der Waals surface area contributed by atoms with Crippen molar-refractivity contribution in [1.29, 1.82) is 0 Å². The molecule has 154 valence electrons. The van der Waals surface area contributed by atoms with Crippen LogP contribution in [0.2, 0.25) is 0 Å². The maximum absolute atomic E-state index is 13.4. The summed E-state index contributed by atoms with van der Waals surface area (Å²) in [6.45, 7) is 0. The van der Waals surface area contributed by atoms with E-state index in [-0.39, 0.29) is 40.1 Å². The van der Waals surface area contributed by atoms with Gasteiger partial charge in [0, 0.05) is 12.3 Å². The number of pyridine rings is 1. The van der Waals surface area contributed by atoms with E-state index in [2.05, 4.69) is 4.98 Å². The Kier molecular flexibility index (Phi) is 4.98. The summed E-state index contributed by atoms with van der Waals surface area (Å²) in [6.07, 6.45) is 2.90. The van der Waals surface area contributed by atoms with Crippen molar-refractivity contribution in [2.24, 2.45) is 0 Å². The molecule has 0 unspecified atom stereocenters. The molecule has 0 spiro atoms. The maximum Gasteiger partial charge on any atom is 0.333 e. The van der Waals surface area contributed by atoms with Gasteiger partial charge in [-0.15, -0.1) is 0 Å². The number of fused-ring (bicyclic) bond motifs is 1. The molecule has 1 aliphatic rings. The Balaban J connectivity index is 1.77. The molecule has 30 heavy (non-hydrogen) atoms. The number of rotatable bonds is 5. The smallest absolute Gasteiger partial charge is 0.333 e. The number of sulfone groups is 1. The van der Waals surface area contributed by atoms with E-state index >= 15 is 0 Å². The predicted molar refractivity (Wildman–Crippen MR) is 109 cm³/mol. The van der Waals surface area contributed by atoms with Gasteiger partial charge in [-0.2, -0.15) is 0 Å². The Morgan fingerprint density at radius 1 is 1.03 bits per heavy atom. The molecule has 9 heteroatoms. The third-order valence-electron chi connectivity index (χ3n) is 5.46. The van der Waals surface area contributed by atoms with E-state index in [1.807, 2.05) is 0 Å². The van der Waals surface area contributed by atoms with Crippen molar-refractivity contribution in [3.05, 3.63) is 70.9 Å². The first-order chi connectivity index (χ1) is 14.4. The monoisotopic (exact) mass is 426 g/mol. The van der Waals surface area contributed by atoms with Crippen LogP contribution in [0, 0.1) is 10.1 Å². The van der Waals surface area contributed by atoms with Crippen molar-refractivity contribution in [2.75, 3.05) is 0 Å². The van der Waals surface area contributed by atoms with Gasteiger partial charge in [0.05, 0.1) is 15.2 Å². The summed E-state index contributed by atoms with van der Waals surface area (Å²) < 4.78 is 30.6. The normalized spacial score (nSPS) is 15.7. The highest BCUT2D eigenvalue weighted by Crippen LogP contribution is 2.42. The van der Waals surface area contributed by atoms with Gasteiger partial charge < -0.3 is 4.74 Å². The molecule has 0 radical (unpaired) electrons. The van der Waals surface area contributed by atoms with E-state index in [0.717, 1.165) is 0 Å². The molecule has 1 saturated carbocycles. The quantitative estimate of drug-likeness (QED) is 0.263. The zero-order valence-corrected chi connectivity index (χ0v) is 16.7. The molecule has 0 amide bonds. The SMILES string of the molecule is O=C(Oc1ccc([N+](=O)[O-])c2cccnc12)C1(S(=O)(=O)c2ccccc2)CCCC1. The molecule has 0 N–H and O–H groups in total. The zero-order valence-electron chi connectivity index (χ0n) is 15.9. The van der Waals surface area contributed by atoms with Crippen LogP contribution in [0.3, 0.4) is 0 Å². The van der Waals surface area contributed by atoms with Gasteiger partial charge in [-0.25, -0.2) is 13.2 Å². The van der Waals surface area contributed by atoms with Gasteiger partial charge >= 0.3 is 5.97 Å². The highest BCUT2D eigenvalue weighted by Gasteiger charge is 2.54. The van der Waals surface area contributed by atoms with Crippen molar-refractivity contribution >= 4 is 32.4 Å². The third kappa shape index (κ3) is 3.11. The number of non-ortho nitro benzene ring substituents is 1. The predicted octanol–water partition coefficient (Wildman–Crippen LogP) is 3.84. The number of carbonyl (C=O) groups excluding carboxylic acids is 1. The number of hydrogen-bond acceptors (Lipinski definition) is 7. The number of nitrogens with zero attached hydrogens (tertiary/aromatic N) is 2. The minimum atomic E-state index is -4.00. The van der Waals surface area contributed by atoms with Gasteiger partial charge in [0.15, 0.2) is 20.3 Å². The van der Waals surface area contributed by atoms with Crippen LogP contribution < -0.4 is 4.74 Å². The minimum absolute atomic E-state index is 0.00395. The number of carbonyl (C=O) groups is 1. The summed E-state index contributed by atoms with van der Waals surface area (Å²) in [5.74, 6) is -0.889. The lowest BCUT2D eigenvalue weighted by Crippen LogP contribution is -2.46. The molecule has 0 aliphatic heterocycles. The van der Waals surface area contributed by atoms with Crippen LogP contribution in [0.25, 0.3) is 10.9 Å². The fourth-order valence-electron chi connectivity index (χ4n) is 3.92. The van der Waals surface area contributed by atoms with Gasteiger partial charge in [-0.3, -0.25) is 15.1 Å². The van der Waals surface area contributed by atoms with Crippen LogP contribution in [0.1, 0.15) is 25.7 Å². The lowest BCUT2D eigenvalue weighted by molar-refractivity contribution is -0.383. The fourth-order valence-corrected chi connectivity index (χ4v) is 5.97. The topological polar surface area (TPSA) is 116 Å². The molecule has 1 aromatic heterocycles. The number of nitro benzene ring substituents is 1. The maximum atomic E-state index is 13.4. The van der Waals surface area contributed by atoms with Gasteiger partial charge in [-0.1, -0.05) is 31.0 Å². The van der Waals surface area contributed by atoms with E-state index in [9.17, 15) is 23.3 Å². The molecule has 4 rings (SSSR count). The fraction of sp³-hybridized carbons (Fsp3) is 0.238. The Morgan fingerprint density at radius 3 is 2.40 bits per heavy atom.